The second-order valence-electron chi connectivity index (χ2n) is 3.80. The maximum Gasteiger partial charge on any atom is 0.321 e. The smallest absolute Gasteiger partial charge is 0.321 e. The molecule has 0 rings (SSSR count). The van der Waals surface area contributed by atoms with E-state index < -0.39 is 28.0 Å². The summed E-state index contributed by atoms with van der Waals surface area (Å²) in [5, 5.41) is 8.82. The third-order valence-corrected chi connectivity index (χ3v) is 3.69. The fourth-order valence-corrected chi connectivity index (χ4v) is 2.60. The normalized spacial score (nSPS) is 13.0. The Kier molecular flexibility index (Phi) is 7.53. The molecule has 0 aliphatic heterocycles. The summed E-state index contributed by atoms with van der Waals surface area (Å²) in [6.07, 6.45) is 0.872. The fraction of sp³-hybridized carbons (Fsp3) is 0.800. The van der Waals surface area contributed by atoms with Crippen LogP contribution in [-0.2, 0) is 24.3 Å². The summed E-state index contributed by atoms with van der Waals surface area (Å²) >= 11 is 0. The van der Waals surface area contributed by atoms with Gasteiger partial charge in [0.1, 0.15) is 6.04 Å². The molecule has 18 heavy (non-hydrogen) atoms. The van der Waals surface area contributed by atoms with E-state index in [-0.39, 0.29) is 25.0 Å². The van der Waals surface area contributed by atoms with Gasteiger partial charge in [-0.3, -0.25) is 9.59 Å². The molecule has 1 atom stereocenters. The Morgan fingerprint density at radius 2 is 2.00 bits per heavy atom. The Hall–Kier alpha value is -1.15. The van der Waals surface area contributed by atoms with Gasteiger partial charge in [0, 0.05) is 6.42 Å². The highest BCUT2D eigenvalue weighted by molar-refractivity contribution is 7.89. The lowest BCUT2D eigenvalue weighted by Gasteiger charge is -2.13. The van der Waals surface area contributed by atoms with E-state index in [9.17, 15) is 18.0 Å². The van der Waals surface area contributed by atoms with E-state index in [1.165, 1.54) is 7.11 Å². The summed E-state index contributed by atoms with van der Waals surface area (Å²) in [4.78, 5) is 21.6. The number of aliphatic carboxylic acids is 1. The van der Waals surface area contributed by atoms with Gasteiger partial charge in [0.05, 0.1) is 12.9 Å². The van der Waals surface area contributed by atoms with Crippen molar-refractivity contribution in [3.63, 3.8) is 0 Å². The molecule has 0 aromatic carbocycles. The second-order valence-corrected chi connectivity index (χ2v) is 5.67. The number of hydrogen-bond donors (Lipinski definition) is 2. The zero-order valence-electron chi connectivity index (χ0n) is 10.5. The topological polar surface area (TPSA) is 110 Å². The number of esters is 1. The molecule has 0 aliphatic rings. The Morgan fingerprint density at radius 3 is 2.44 bits per heavy atom. The maximum atomic E-state index is 11.6. The highest BCUT2D eigenvalue weighted by Crippen LogP contribution is 2.02. The number of carboxylic acid groups (broad SMARTS) is 1. The highest BCUT2D eigenvalue weighted by atomic mass is 32.2. The zero-order valence-corrected chi connectivity index (χ0v) is 11.3. The molecule has 7 nitrogen and oxygen atoms in total. The van der Waals surface area contributed by atoms with Crippen LogP contribution in [0.2, 0.25) is 0 Å². The summed E-state index contributed by atoms with van der Waals surface area (Å²) in [5.74, 6) is -1.99. The van der Waals surface area contributed by atoms with E-state index in [0.29, 0.717) is 6.42 Å². The van der Waals surface area contributed by atoms with Crippen LogP contribution in [0.5, 0.6) is 0 Å². The lowest BCUT2D eigenvalue weighted by atomic mass is 10.2. The van der Waals surface area contributed by atoms with E-state index in [2.05, 4.69) is 9.46 Å². The molecule has 8 heteroatoms. The molecule has 0 fully saturated rings. The van der Waals surface area contributed by atoms with Crippen molar-refractivity contribution in [3.8, 4) is 0 Å². The van der Waals surface area contributed by atoms with Crippen molar-refractivity contribution in [2.24, 2.45) is 0 Å². The van der Waals surface area contributed by atoms with E-state index in [1.54, 1.807) is 6.92 Å². The molecule has 0 saturated heterocycles. The third kappa shape index (κ3) is 7.23. The van der Waals surface area contributed by atoms with Crippen LogP contribution in [0.3, 0.4) is 0 Å². The average Bonchev–Trinajstić information content (AvgIpc) is 2.27. The number of ether oxygens (including phenoxy) is 1. The van der Waals surface area contributed by atoms with Crippen molar-refractivity contribution in [3.05, 3.63) is 0 Å². The molecule has 0 amide bonds. The molecule has 0 saturated carbocycles. The summed E-state index contributed by atoms with van der Waals surface area (Å²) in [5.41, 5.74) is 0. The number of rotatable bonds is 9. The van der Waals surface area contributed by atoms with Crippen molar-refractivity contribution in [1.29, 1.82) is 0 Å². The van der Waals surface area contributed by atoms with Gasteiger partial charge in [-0.25, -0.2) is 13.1 Å². The number of carbonyl (C=O) groups excluding carboxylic acids is 1. The van der Waals surface area contributed by atoms with Crippen LogP contribution in [-0.4, -0.2) is 44.4 Å². The number of hydrogen-bond acceptors (Lipinski definition) is 5. The monoisotopic (exact) mass is 281 g/mol. The summed E-state index contributed by atoms with van der Waals surface area (Å²) in [6.45, 7) is 1.77. The molecule has 0 bridgehead atoms. The summed E-state index contributed by atoms with van der Waals surface area (Å²) < 4.78 is 29.6. The minimum atomic E-state index is -3.69. The first-order chi connectivity index (χ1) is 8.32. The predicted molar refractivity (Wildman–Crippen MR) is 64.5 cm³/mol. The van der Waals surface area contributed by atoms with Crippen LogP contribution in [0.15, 0.2) is 0 Å². The number of carbonyl (C=O) groups is 2. The van der Waals surface area contributed by atoms with Crippen LogP contribution >= 0.6 is 0 Å². The van der Waals surface area contributed by atoms with Crippen molar-refractivity contribution < 1.29 is 27.9 Å². The Morgan fingerprint density at radius 1 is 1.39 bits per heavy atom. The second kappa shape index (κ2) is 8.04. The molecule has 2 N–H and O–H groups in total. The number of sulfonamides is 1. The molecule has 0 radical (unpaired) electrons. The minimum absolute atomic E-state index is 0.0110. The molecule has 106 valence electrons. The van der Waals surface area contributed by atoms with Gasteiger partial charge in [0.15, 0.2) is 0 Å². The van der Waals surface area contributed by atoms with E-state index in [0.717, 1.165) is 0 Å². The number of carboxylic acids is 1. The van der Waals surface area contributed by atoms with Gasteiger partial charge in [-0.05, 0) is 12.8 Å². The van der Waals surface area contributed by atoms with Gasteiger partial charge in [0.25, 0.3) is 0 Å². The average molecular weight is 281 g/mol. The van der Waals surface area contributed by atoms with Crippen LogP contribution in [0.25, 0.3) is 0 Å². The van der Waals surface area contributed by atoms with Crippen LogP contribution in [0, 0.1) is 0 Å². The van der Waals surface area contributed by atoms with Crippen LogP contribution < -0.4 is 4.72 Å². The predicted octanol–water partition coefficient (Wildman–Crippen LogP) is 0.112. The lowest BCUT2D eigenvalue weighted by molar-refractivity contribution is -0.141. The molecule has 0 heterocycles. The molecule has 0 unspecified atom stereocenters. The quantitative estimate of drug-likeness (QED) is 0.581. The lowest BCUT2D eigenvalue weighted by Crippen LogP contribution is -2.41. The van der Waals surface area contributed by atoms with Crippen molar-refractivity contribution >= 4 is 22.0 Å². The van der Waals surface area contributed by atoms with Gasteiger partial charge < -0.3 is 9.84 Å². The first-order valence-corrected chi connectivity index (χ1v) is 7.27. The number of nitrogens with one attached hydrogen (secondary N) is 1. The van der Waals surface area contributed by atoms with E-state index >= 15 is 0 Å². The largest absolute Gasteiger partial charge is 0.480 e. The van der Waals surface area contributed by atoms with Gasteiger partial charge >= 0.3 is 11.9 Å². The van der Waals surface area contributed by atoms with Crippen molar-refractivity contribution in [2.75, 3.05) is 12.9 Å². The molecule has 0 aromatic heterocycles. The molecular weight excluding hydrogens is 262 g/mol. The Balaban J connectivity index is 4.28. The van der Waals surface area contributed by atoms with Gasteiger partial charge in [0.2, 0.25) is 10.0 Å². The third-order valence-electron chi connectivity index (χ3n) is 2.22. The number of methoxy groups -OCH3 is 1. The van der Waals surface area contributed by atoms with Crippen LogP contribution in [0.4, 0.5) is 0 Å². The first-order valence-electron chi connectivity index (χ1n) is 5.62. The van der Waals surface area contributed by atoms with E-state index in [1.807, 2.05) is 0 Å². The molecule has 0 aromatic rings. The van der Waals surface area contributed by atoms with Gasteiger partial charge in [-0.1, -0.05) is 13.3 Å². The van der Waals surface area contributed by atoms with Gasteiger partial charge in [-0.15, -0.1) is 0 Å². The molecular formula is C10H19NO6S. The first kappa shape index (κ1) is 16.9. The molecule has 0 aliphatic carbocycles. The SMILES string of the molecule is CCC[C@@H](NS(=O)(=O)CCCC(=O)OC)C(=O)O. The summed E-state index contributed by atoms with van der Waals surface area (Å²) in [6, 6.07) is -1.11. The Bertz CT molecular complexity index is 378. The van der Waals surface area contributed by atoms with Crippen molar-refractivity contribution in [1.82, 2.24) is 4.72 Å². The van der Waals surface area contributed by atoms with Crippen LogP contribution in [0.1, 0.15) is 32.6 Å². The highest BCUT2D eigenvalue weighted by Gasteiger charge is 2.22. The molecule has 0 spiro atoms. The summed E-state index contributed by atoms with van der Waals surface area (Å²) in [7, 11) is -2.47. The fourth-order valence-electron chi connectivity index (χ4n) is 1.31. The van der Waals surface area contributed by atoms with E-state index in [4.69, 9.17) is 5.11 Å². The minimum Gasteiger partial charge on any atom is -0.480 e. The zero-order chi connectivity index (χ0) is 14.2. The Labute approximate surface area is 107 Å². The van der Waals surface area contributed by atoms with Crippen molar-refractivity contribution in [2.45, 2.75) is 38.6 Å². The standard InChI is InChI=1S/C10H19NO6S/c1-3-5-8(10(13)14)11-18(15,16)7-4-6-9(12)17-2/h8,11H,3-7H2,1-2H3,(H,13,14)/t8-/m1/s1. The maximum absolute atomic E-state index is 11.6. The van der Waals surface area contributed by atoms with Gasteiger partial charge in [-0.2, -0.15) is 0 Å².